The molecule has 2 aromatic rings. The first-order chi connectivity index (χ1) is 10.2. The van der Waals surface area contributed by atoms with Crippen molar-refractivity contribution in [3.05, 3.63) is 51.0 Å². The lowest BCUT2D eigenvalue weighted by molar-refractivity contribution is 0.627. The first kappa shape index (κ1) is 14.1. The molecule has 21 heavy (non-hydrogen) atoms. The summed E-state index contributed by atoms with van der Waals surface area (Å²) in [7, 11) is 0. The first-order valence-corrected chi connectivity index (χ1v) is 8.06. The van der Waals surface area contributed by atoms with Gasteiger partial charge in [0, 0.05) is 9.75 Å². The van der Waals surface area contributed by atoms with E-state index in [0.717, 1.165) is 0 Å². The number of thiophene rings is 1. The number of halogens is 1. The fourth-order valence-corrected chi connectivity index (χ4v) is 4.03. The van der Waals surface area contributed by atoms with Crippen LogP contribution in [0.1, 0.15) is 46.7 Å². The molecular formula is C17H17FN2S. The highest BCUT2D eigenvalue weighted by molar-refractivity contribution is 7.12. The normalized spacial score (nSPS) is 15.1. The summed E-state index contributed by atoms with van der Waals surface area (Å²) in [5, 5.41) is 12.4. The van der Waals surface area contributed by atoms with E-state index < -0.39 is 0 Å². The van der Waals surface area contributed by atoms with Crippen molar-refractivity contribution in [3.8, 4) is 6.07 Å². The molecule has 0 radical (unpaired) electrons. The molecule has 108 valence electrons. The van der Waals surface area contributed by atoms with Crippen molar-refractivity contribution in [2.24, 2.45) is 0 Å². The maximum atomic E-state index is 13.2. The molecule has 0 fully saturated rings. The third-order valence-corrected chi connectivity index (χ3v) is 5.34. The summed E-state index contributed by atoms with van der Waals surface area (Å²) in [5.41, 5.74) is 2.52. The van der Waals surface area contributed by atoms with Crippen LogP contribution in [0, 0.1) is 17.1 Å². The summed E-state index contributed by atoms with van der Waals surface area (Å²) in [6.45, 7) is 2.09. The van der Waals surface area contributed by atoms with Crippen molar-refractivity contribution >= 4 is 17.0 Å². The van der Waals surface area contributed by atoms with E-state index in [1.807, 2.05) is 17.4 Å². The van der Waals surface area contributed by atoms with Crippen molar-refractivity contribution in [1.29, 1.82) is 5.26 Å². The molecule has 1 N–H and O–H groups in total. The molecule has 0 spiro atoms. The van der Waals surface area contributed by atoms with Gasteiger partial charge in [0.1, 0.15) is 11.9 Å². The number of nitriles is 1. The van der Waals surface area contributed by atoms with Crippen molar-refractivity contribution < 1.29 is 4.39 Å². The SMILES string of the molecule is CC(Nc1ccc(F)cc1C#N)c1cc2c(s1)CCCC2. The molecule has 2 nitrogen and oxygen atoms in total. The highest BCUT2D eigenvalue weighted by Crippen LogP contribution is 2.34. The number of rotatable bonds is 3. The zero-order valence-electron chi connectivity index (χ0n) is 11.9. The Balaban J connectivity index is 1.82. The summed E-state index contributed by atoms with van der Waals surface area (Å²) >= 11 is 1.86. The number of benzene rings is 1. The minimum Gasteiger partial charge on any atom is -0.377 e. The molecule has 1 atom stereocenters. The number of nitrogens with zero attached hydrogens (tertiary/aromatic N) is 1. The zero-order chi connectivity index (χ0) is 14.8. The van der Waals surface area contributed by atoms with Gasteiger partial charge in [-0.15, -0.1) is 11.3 Å². The van der Waals surface area contributed by atoms with Gasteiger partial charge >= 0.3 is 0 Å². The van der Waals surface area contributed by atoms with Crippen molar-refractivity contribution in [2.75, 3.05) is 5.32 Å². The van der Waals surface area contributed by atoms with Crippen LogP contribution in [0.5, 0.6) is 0 Å². The largest absolute Gasteiger partial charge is 0.377 e. The Morgan fingerprint density at radius 1 is 1.29 bits per heavy atom. The molecule has 1 aromatic carbocycles. The first-order valence-electron chi connectivity index (χ1n) is 7.25. The molecule has 1 unspecified atom stereocenters. The summed E-state index contributed by atoms with van der Waals surface area (Å²) in [5.74, 6) is -0.378. The summed E-state index contributed by atoms with van der Waals surface area (Å²) in [4.78, 5) is 2.79. The fraction of sp³-hybridized carbons (Fsp3) is 0.353. The Morgan fingerprint density at radius 2 is 2.10 bits per heavy atom. The fourth-order valence-electron chi connectivity index (χ4n) is 2.77. The summed E-state index contributed by atoms with van der Waals surface area (Å²) in [6.07, 6.45) is 4.93. The third kappa shape index (κ3) is 2.93. The average molecular weight is 300 g/mol. The van der Waals surface area contributed by atoms with Crippen molar-refractivity contribution in [1.82, 2.24) is 0 Å². The maximum absolute atomic E-state index is 13.2. The van der Waals surface area contributed by atoms with Gasteiger partial charge in [0.25, 0.3) is 0 Å². The standard InChI is InChI=1S/C17H17FN2S/c1-11(17-9-12-4-2-3-5-16(12)21-17)20-15-7-6-14(18)8-13(15)10-19/h6-9,11,20H,2-5H2,1H3. The Kier molecular flexibility index (Phi) is 3.94. The van der Waals surface area contributed by atoms with Crippen LogP contribution in [0.4, 0.5) is 10.1 Å². The van der Waals surface area contributed by atoms with Crippen molar-refractivity contribution in [3.63, 3.8) is 0 Å². The van der Waals surface area contributed by atoms with E-state index in [-0.39, 0.29) is 11.9 Å². The molecular weight excluding hydrogens is 283 g/mol. The van der Waals surface area contributed by atoms with Gasteiger partial charge in [-0.1, -0.05) is 0 Å². The molecule has 0 amide bonds. The van der Waals surface area contributed by atoms with Crippen LogP contribution in [-0.2, 0) is 12.8 Å². The molecule has 1 aromatic heterocycles. The van der Waals surface area contributed by atoms with E-state index in [1.165, 1.54) is 53.1 Å². The Labute approximate surface area is 128 Å². The highest BCUT2D eigenvalue weighted by atomic mass is 32.1. The minimum absolute atomic E-state index is 0.123. The molecule has 1 heterocycles. The van der Waals surface area contributed by atoms with Crippen LogP contribution in [0.25, 0.3) is 0 Å². The second-order valence-electron chi connectivity index (χ2n) is 5.47. The van der Waals surface area contributed by atoms with Gasteiger partial charge in [-0.3, -0.25) is 0 Å². The van der Waals surface area contributed by atoms with E-state index in [9.17, 15) is 4.39 Å². The van der Waals surface area contributed by atoms with Crippen LogP contribution in [0.15, 0.2) is 24.3 Å². The smallest absolute Gasteiger partial charge is 0.124 e. The average Bonchev–Trinajstić information content (AvgIpc) is 2.93. The van der Waals surface area contributed by atoms with Gasteiger partial charge < -0.3 is 5.32 Å². The second kappa shape index (κ2) is 5.87. The molecule has 0 saturated carbocycles. The van der Waals surface area contributed by atoms with Gasteiger partial charge in [0.2, 0.25) is 0 Å². The number of nitrogens with one attached hydrogen (secondary N) is 1. The molecule has 1 aliphatic rings. The maximum Gasteiger partial charge on any atom is 0.124 e. The van der Waals surface area contributed by atoms with Crippen LogP contribution in [0.3, 0.4) is 0 Å². The quantitative estimate of drug-likeness (QED) is 0.883. The monoisotopic (exact) mass is 300 g/mol. The molecule has 4 heteroatoms. The van der Waals surface area contributed by atoms with Gasteiger partial charge in [-0.25, -0.2) is 4.39 Å². The second-order valence-corrected chi connectivity index (χ2v) is 6.64. The predicted octanol–water partition coefficient (Wildman–Crippen LogP) is 4.81. The summed E-state index contributed by atoms with van der Waals surface area (Å²) < 4.78 is 13.2. The Morgan fingerprint density at radius 3 is 2.86 bits per heavy atom. The Hall–Kier alpha value is -1.86. The van der Waals surface area contributed by atoms with Gasteiger partial charge in [0.15, 0.2) is 0 Å². The van der Waals surface area contributed by atoms with Crippen LogP contribution in [-0.4, -0.2) is 0 Å². The van der Waals surface area contributed by atoms with Crippen molar-refractivity contribution in [2.45, 2.75) is 38.6 Å². The molecule has 0 saturated heterocycles. The van der Waals surface area contributed by atoms with Crippen LogP contribution >= 0.6 is 11.3 Å². The van der Waals surface area contributed by atoms with E-state index in [0.29, 0.717) is 11.3 Å². The number of aryl methyl sites for hydroxylation is 2. The highest BCUT2D eigenvalue weighted by Gasteiger charge is 2.17. The van der Waals surface area contributed by atoms with E-state index in [1.54, 1.807) is 6.07 Å². The molecule has 0 bridgehead atoms. The molecule has 1 aliphatic carbocycles. The van der Waals surface area contributed by atoms with Crippen LogP contribution in [0.2, 0.25) is 0 Å². The summed E-state index contributed by atoms with van der Waals surface area (Å²) in [6, 6.07) is 8.74. The lowest BCUT2D eigenvalue weighted by Crippen LogP contribution is -2.06. The Bertz CT molecular complexity index is 676. The number of hydrogen-bond acceptors (Lipinski definition) is 3. The minimum atomic E-state index is -0.378. The molecule has 0 aliphatic heterocycles. The number of hydrogen-bond donors (Lipinski definition) is 1. The zero-order valence-corrected chi connectivity index (χ0v) is 12.8. The third-order valence-electron chi connectivity index (χ3n) is 3.92. The lowest BCUT2D eigenvalue weighted by atomic mass is 9.99. The lowest BCUT2D eigenvalue weighted by Gasteiger charge is -2.14. The predicted molar refractivity (Wildman–Crippen MR) is 84.1 cm³/mol. The number of anilines is 1. The van der Waals surface area contributed by atoms with Crippen LogP contribution < -0.4 is 5.32 Å². The van der Waals surface area contributed by atoms with E-state index >= 15 is 0 Å². The molecule has 3 rings (SSSR count). The van der Waals surface area contributed by atoms with Gasteiger partial charge in [-0.2, -0.15) is 5.26 Å². The number of fused-ring (bicyclic) bond motifs is 1. The van der Waals surface area contributed by atoms with Gasteiger partial charge in [0.05, 0.1) is 17.3 Å². The topological polar surface area (TPSA) is 35.8 Å². The van der Waals surface area contributed by atoms with E-state index in [4.69, 9.17) is 5.26 Å². The van der Waals surface area contributed by atoms with Gasteiger partial charge in [-0.05, 0) is 62.4 Å². The van der Waals surface area contributed by atoms with E-state index in [2.05, 4.69) is 18.3 Å².